The Morgan fingerprint density at radius 3 is 2.46 bits per heavy atom. The lowest BCUT2D eigenvalue weighted by Gasteiger charge is -2.13. The number of hydrogen-bond donors (Lipinski definition) is 0. The second kappa shape index (κ2) is 6.54. The molecule has 1 aromatic rings. The van der Waals surface area contributed by atoms with Gasteiger partial charge in [0.05, 0.1) is 6.10 Å². The highest BCUT2D eigenvalue weighted by atomic mass is 79.9. The molecule has 72 valence electrons. The van der Waals surface area contributed by atoms with Crippen molar-refractivity contribution < 1.29 is 8.57 Å². The molecule has 4 heteroatoms. The van der Waals surface area contributed by atoms with Crippen molar-refractivity contribution in [3.63, 3.8) is 0 Å². The molecule has 1 aromatic carbocycles. The van der Waals surface area contributed by atoms with E-state index in [1.54, 1.807) is 0 Å². The van der Waals surface area contributed by atoms with Crippen LogP contribution in [0, 0.1) is 0 Å². The maximum absolute atomic E-state index is 5.41. The van der Waals surface area contributed by atoms with Crippen LogP contribution in [-0.4, -0.2) is 12.1 Å². The number of hydrogen-bond acceptors (Lipinski definition) is 2. The van der Waals surface area contributed by atoms with E-state index < -0.39 is 0 Å². The zero-order chi connectivity index (χ0) is 9.52. The molecule has 0 aliphatic carbocycles. The van der Waals surface area contributed by atoms with Crippen LogP contribution >= 0.6 is 32.2 Å². The van der Waals surface area contributed by atoms with E-state index in [-0.39, 0.29) is 12.9 Å². The fourth-order valence-corrected chi connectivity index (χ4v) is 1.67. The van der Waals surface area contributed by atoms with Crippen molar-refractivity contribution in [2.45, 2.75) is 6.10 Å². The van der Waals surface area contributed by atoms with Crippen molar-refractivity contribution >= 4 is 32.2 Å². The highest BCUT2D eigenvalue weighted by Gasteiger charge is 2.08. The minimum atomic E-state index is 0.0405. The van der Waals surface area contributed by atoms with E-state index in [9.17, 15) is 0 Å². The van der Waals surface area contributed by atoms with Crippen LogP contribution in [0.25, 0.3) is 0 Å². The predicted octanol–water partition coefficient (Wildman–Crippen LogP) is 3.42. The van der Waals surface area contributed by atoms with Gasteiger partial charge in [0.1, 0.15) is 16.3 Å². The van der Waals surface area contributed by atoms with Gasteiger partial charge in [0.2, 0.25) is 0 Å². The zero-order valence-corrected chi connectivity index (χ0v) is 10.1. The summed E-state index contributed by atoms with van der Waals surface area (Å²) in [4.78, 5) is 0. The van der Waals surface area contributed by atoms with Crippen LogP contribution in [0.3, 0.4) is 0 Å². The largest absolute Gasteiger partial charge is 0.346 e. The van der Waals surface area contributed by atoms with Crippen molar-refractivity contribution in [1.29, 1.82) is 0 Å². The first-order valence-electron chi connectivity index (χ1n) is 3.84. The standard InChI is InChI=1S/C9H10Br2O2/c10-6-9(12-7-13-11)8-4-2-1-3-5-8/h1-5,9H,6-7H2. The van der Waals surface area contributed by atoms with Crippen LogP contribution in [0.4, 0.5) is 0 Å². The molecule has 0 aliphatic rings. The van der Waals surface area contributed by atoms with Crippen molar-refractivity contribution in [2.75, 3.05) is 12.1 Å². The highest BCUT2D eigenvalue weighted by Crippen LogP contribution is 2.19. The van der Waals surface area contributed by atoms with Crippen LogP contribution in [0.5, 0.6) is 0 Å². The molecule has 0 heterocycles. The van der Waals surface area contributed by atoms with E-state index in [1.165, 1.54) is 0 Å². The molecule has 0 aromatic heterocycles. The first kappa shape index (κ1) is 11.2. The van der Waals surface area contributed by atoms with Gasteiger partial charge in [-0.25, -0.2) is 0 Å². The summed E-state index contributed by atoms with van der Waals surface area (Å²) in [7, 11) is 0. The van der Waals surface area contributed by atoms with Gasteiger partial charge in [0.25, 0.3) is 0 Å². The molecule has 0 saturated carbocycles. The Kier molecular flexibility index (Phi) is 5.62. The van der Waals surface area contributed by atoms with Crippen LogP contribution in [-0.2, 0) is 8.57 Å². The lowest BCUT2D eigenvalue weighted by molar-refractivity contribution is -0.0123. The van der Waals surface area contributed by atoms with Gasteiger partial charge in [0.15, 0.2) is 6.79 Å². The molecule has 0 radical (unpaired) electrons. The van der Waals surface area contributed by atoms with Crippen molar-refractivity contribution in [2.24, 2.45) is 0 Å². The summed E-state index contributed by atoms with van der Waals surface area (Å²) in [6.45, 7) is 0.241. The molecule has 0 spiro atoms. The van der Waals surface area contributed by atoms with E-state index >= 15 is 0 Å². The predicted molar refractivity (Wildman–Crippen MR) is 58.9 cm³/mol. The maximum Gasteiger partial charge on any atom is 0.160 e. The normalized spacial score (nSPS) is 12.8. The van der Waals surface area contributed by atoms with Crippen molar-refractivity contribution in [3.05, 3.63) is 35.9 Å². The van der Waals surface area contributed by atoms with E-state index in [1.807, 2.05) is 30.3 Å². The van der Waals surface area contributed by atoms with Gasteiger partial charge in [-0.3, -0.25) is 3.83 Å². The SMILES string of the molecule is BrCC(OCOBr)c1ccccc1. The summed E-state index contributed by atoms with van der Waals surface area (Å²) in [5.74, 6) is 0. The number of alkyl halides is 1. The van der Waals surface area contributed by atoms with Gasteiger partial charge < -0.3 is 4.74 Å². The van der Waals surface area contributed by atoms with E-state index in [2.05, 4.69) is 36.0 Å². The van der Waals surface area contributed by atoms with E-state index in [0.717, 1.165) is 10.9 Å². The Morgan fingerprint density at radius 1 is 1.23 bits per heavy atom. The molecule has 0 fully saturated rings. The van der Waals surface area contributed by atoms with Gasteiger partial charge in [-0.1, -0.05) is 46.3 Å². The van der Waals surface area contributed by atoms with Gasteiger partial charge in [-0.15, -0.1) is 0 Å². The monoisotopic (exact) mass is 308 g/mol. The molecular formula is C9H10Br2O2. The lowest BCUT2D eigenvalue weighted by Crippen LogP contribution is -2.06. The van der Waals surface area contributed by atoms with Crippen molar-refractivity contribution in [1.82, 2.24) is 0 Å². The molecule has 0 saturated heterocycles. The minimum absolute atomic E-state index is 0.0405. The van der Waals surface area contributed by atoms with Crippen LogP contribution in [0.1, 0.15) is 11.7 Å². The number of benzene rings is 1. The van der Waals surface area contributed by atoms with Gasteiger partial charge in [0, 0.05) is 5.33 Å². The van der Waals surface area contributed by atoms with Crippen LogP contribution < -0.4 is 0 Å². The summed E-state index contributed by atoms with van der Waals surface area (Å²) < 4.78 is 10.1. The van der Waals surface area contributed by atoms with Gasteiger partial charge >= 0.3 is 0 Å². The average molecular weight is 310 g/mol. The first-order valence-corrected chi connectivity index (χ1v) is 5.61. The molecule has 1 atom stereocenters. The maximum atomic E-state index is 5.41. The highest BCUT2D eigenvalue weighted by molar-refractivity contribution is 9.09. The molecule has 0 bridgehead atoms. The van der Waals surface area contributed by atoms with Crippen LogP contribution in [0.2, 0.25) is 0 Å². The third-order valence-corrected chi connectivity index (χ3v) is 2.40. The summed E-state index contributed by atoms with van der Waals surface area (Å²) in [6.07, 6.45) is 0.0405. The Bertz CT molecular complexity index is 228. The summed E-state index contributed by atoms with van der Waals surface area (Å²) >= 11 is 6.23. The molecule has 0 N–H and O–H groups in total. The molecule has 0 amide bonds. The second-order valence-corrected chi connectivity index (χ2v) is 3.55. The number of halogens is 2. The lowest BCUT2D eigenvalue weighted by atomic mass is 10.1. The molecule has 1 rings (SSSR count). The number of ether oxygens (including phenoxy) is 1. The fraction of sp³-hybridized carbons (Fsp3) is 0.333. The molecular weight excluding hydrogens is 300 g/mol. The van der Waals surface area contributed by atoms with E-state index in [0.29, 0.717) is 0 Å². The third-order valence-electron chi connectivity index (χ3n) is 1.63. The van der Waals surface area contributed by atoms with Crippen molar-refractivity contribution in [3.8, 4) is 0 Å². The summed E-state index contributed by atoms with van der Waals surface area (Å²) in [5.41, 5.74) is 1.14. The Hall–Kier alpha value is 0.100. The quantitative estimate of drug-likeness (QED) is 0.613. The molecule has 1 unspecified atom stereocenters. The minimum Gasteiger partial charge on any atom is -0.346 e. The smallest absolute Gasteiger partial charge is 0.160 e. The number of rotatable bonds is 5. The molecule has 0 aliphatic heterocycles. The zero-order valence-electron chi connectivity index (χ0n) is 6.95. The summed E-state index contributed by atoms with van der Waals surface area (Å²) in [5, 5.41) is 0.757. The van der Waals surface area contributed by atoms with Gasteiger partial charge in [-0.2, -0.15) is 0 Å². The van der Waals surface area contributed by atoms with Gasteiger partial charge in [-0.05, 0) is 5.56 Å². The van der Waals surface area contributed by atoms with Crippen LogP contribution in [0.15, 0.2) is 30.3 Å². The van der Waals surface area contributed by atoms with E-state index in [4.69, 9.17) is 4.74 Å². The Morgan fingerprint density at radius 2 is 1.92 bits per heavy atom. The second-order valence-electron chi connectivity index (χ2n) is 2.45. The molecule has 2 nitrogen and oxygen atoms in total. The Labute approximate surface area is 94.8 Å². The average Bonchev–Trinajstić information content (AvgIpc) is 2.21. The Balaban J connectivity index is 2.56. The first-order chi connectivity index (χ1) is 6.38. The topological polar surface area (TPSA) is 18.5 Å². The third kappa shape index (κ3) is 3.77. The molecule has 13 heavy (non-hydrogen) atoms. The fourth-order valence-electron chi connectivity index (χ4n) is 1.01. The summed E-state index contributed by atoms with van der Waals surface area (Å²) in [6, 6.07) is 10.0.